The highest BCUT2D eigenvalue weighted by atomic mass is 35.5. The first-order valence-corrected chi connectivity index (χ1v) is 7.35. The first kappa shape index (κ1) is 16.4. The molecule has 0 heterocycles. The lowest BCUT2D eigenvalue weighted by Crippen LogP contribution is -2.37. The molecule has 0 aliphatic rings. The summed E-state index contributed by atoms with van der Waals surface area (Å²) in [6, 6.07) is 5.03. The number of amides is 2. The van der Waals surface area contributed by atoms with Crippen LogP contribution >= 0.6 is 23.4 Å². The van der Waals surface area contributed by atoms with Gasteiger partial charge in [-0.25, -0.2) is 0 Å². The second-order valence-corrected chi connectivity index (χ2v) is 5.48. The minimum atomic E-state index is -0.324. The third-order valence-corrected chi connectivity index (χ3v) is 3.46. The highest BCUT2D eigenvalue weighted by Gasteiger charge is 2.13. The number of hydrogen-bond donors (Lipinski definition) is 2. The summed E-state index contributed by atoms with van der Waals surface area (Å²) < 4.78 is 0. The Morgan fingerprint density at radius 2 is 2.15 bits per heavy atom. The van der Waals surface area contributed by atoms with Crippen molar-refractivity contribution >= 4 is 35.2 Å². The van der Waals surface area contributed by atoms with E-state index in [0.29, 0.717) is 10.6 Å². The number of carbonyl (C=O) groups is 2. The Bertz CT molecular complexity index is 540. The van der Waals surface area contributed by atoms with Gasteiger partial charge in [-0.1, -0.05) is 24.4 Å². The third kappa shape index (κ3) is 5.16. The maximum absolute atomic E-state index is 12.0. The van der Waals surface area contributed by atoms with Gasteiger partial charge in [-0.15, -0.1) is 18.2 Å². The topological polar surface area (TPSA) is 58.2 Å². The number of nitrogens with one attached hydrogen (secondary N) is 2. The Balaban J connectivity index is 2.68. The standard InChI is InChI=1S/C14H15ClN2O2S/c1-3-7-16-13(18)9-17-14(19)11-6-5-10(15)8-12(11)20-4-2/h1,5-6,8H,4,7,9H2,2H3,(H,16,18)(H,17,19). The molecule has 4 nitrogen and oxygen atoms in total. The minimum absolute atomic E-state index is 0.112. The van der Waals surface area contributed by atoms with Crippen molar-refractivity contribution in [1.82, 2.24) is 10.6 Å². The SMILES string of the molecule is C#CCNC(=O)CNC(=O)c1ccc(Cl)cc1SCC. The second-order valence-electron chi connectivity index (χ2n) is 3.74. The van der Waals surface area contributed by atoms with E-state index in [-0.39, 0.29) is 24.9 Å². The Hall–Kier alpha value is -1.64. The molecule has 0 spiro atoms. The summed E-state index contributed by atoms with van der Waals surface area (Å²) in [7, 11) is 0. The molecule has 0 saturated carbocycles. The number of thioether (sulfide) groups is 1. The number of halogens is 1. The summed E-state index contributed by atoms with van der Waals surface area (Å²) in [6.07, 6.45) is 5.02. The fourth-order valence-corrected chi connectivity index (χ4v) is 2.50. The van der Waals surface area contributed by atoms with Gasteiger partial charge in [0.15, 0.2) is 0 Å². The molecule has 1 aromatic rings. The molecule has 106 valence electrons. The zero-order valence-electron chi connectivity index (χ0n) is 11.0. The van der Waals surface area contributed by atoms with Crippen molar-refractivity contribution in [3.8, 4) is 12.3 Å². The van der Waals surface area contributed by atoms with Crippen LogP contribution < -0.4 is 10.6 Å². The lowest BCUT2D eigenvalue weighted by molar-refractivity contribution is -0.119. The normalized spacial score (nSPS) is 9.65. The summed E-state index contributed by atoms with van der Waals surface area (Å²) in [4.78, 5) is 24.2. The molecule has 1 aromatic carbocycles. The van der Waals surface area contributed by atoms with Gasteiger partial charge >= 0.3 is 0 Å². The van der Waals surface area contributed by atoms with E-state index in [0.717, 1.165) is 10.6 Å². The molecule has 0 aliphatic carbocycles. The smallest absolute Gasteiger partial charge is 0.252 e. The number of terminal acetylenes is 1. The van der Waals surface area contributed by atoms with Crippen LogP contribution in [-0.2, 0) is 4.79 Å². The van der Waals surface area contributed by atoms with Crippen LogP contribution in [0.25, 0.3) is 0 Å². The lowest BCUT2D eigenvalue weighted by Gasteiger charge is -2.09. The Morgan fingerprint density at radius 1 is 1.40 bits per heavy atom. The van der Waals surface area contributed by atoms with Crippen molar-refractivity contribution in [2.75, 3.05) is 18.8 Å². The van der Waals surface area contributed by atoms with Crippen LogP contribution in [0.1, 0.15) is 17.3 Å². The Morgan fingerprint density at radius 3 is 2.80 bits per heavy atom. The van der Waals surface area contributed by atoms with Gasteiger partial charge in [-0.05, 0) is 24.0 Å². The van der Waals surface area contributed by atoms with Gasteiger partial charge in [0.05, 0.1) is 18.7 Å². The Labute approximate surface area is 127 Å². The molecule has 0 unspecified atom stereocenters. The maximum Gasteiger partial charge on any atom is 0.252 e. The summed E-state index contributed by atoms with van der Waals surface area (Å²) in [5, 5.41) is 5.60. The average Bonchev–Trinajstić information content (AvgIpc) is 2.43. The summed E-state index contributed by atoms with van der Waals surface area (Å²) in [6.45, 7) is 2.02. The van der Waals surface area contributed by atoms with Crippen LogP contribution in [0.15, 0.2) is 23.1 Å². The van der Waals surface area contributed by atoms with E-state index in [1.807, 2.05) is 6.92 Å². The molecule has 20 heavy (non-hydrogen) atoms. The van der Waals surface area contributed by atoms with E-state index in [2.05, 4.69) is 16.6 Å². The molecule has 0 aromatic heterocycles. The highest BCUT2D eigenvalue weighted by molar-refractivity contribution is 7.99. The number of rotatable bonds is 6. The van der Waals surface area contributed by atoms with Gasteiger partial charge in [-0.2, -0.15) is 0 Å². The van der Waals surface area contributed by atoms with E-state index in [4.69, 9.17) is 18.0 Å². The first-order chi connectivity index (χ1) is 9.58. The van der Waals surface area contributed by atoms with Crippen molar-refractivity contribution in [3.63, 3.8) is 0 Å². The van der Waals surface area contributed by atoms with Gasteiger partial charge < -0.3 is 10.6 Å². The lowest BCUT2D eigenvalue weighted by atomic mass is 10.2. The van der Waals surface area contributed by atoms with E-state index in [1.165, 1.54) is 11.8 Å². The van der Waals surface area contributed by atoms with Gasteiger partial charge in [0.1, 0.15) is 0 Å². The maximum atomic E-state index is 12.0. The van der Waals surface area contributed by atoms with E-state index < -0.39 is 0 Å². The quantitative estimate of drug-likeness (QED) is 0.623. The molecule has 0 fully saturated rings. The number of hydrogen-bond acceptors (Lipinski definition) is 3. The molecule has 2 N–H and O–H groups in total. The van der Waals surface area contributed by atoms with Crippen molar-refractivity contribution in [3.05, 3.63) is 28.8 Å². The summed E-state index contributed by atoms with van der Waals surface area (Å²) in [5.41, 5.74) is 0.506. The van der Waals surface area contributed by atoms with Crippen LogP contribution in [0, 0.1) is 12.3 Å². The summed E-state index contributed by atoms with van der Waals surface area (Å²) in [5.74, 6) is 2.47. The van der Waals surface area contributed by atoms with Crippen LogP contribution in [0.2, 0.25) is 5.02 Å². The second kappa shape index (κ2) is 8.51. The largest absolute Gasteiger partial charge is 0.344 e. The van der Waals surface area contributed by atoms with Crippen LogP contribution in [0.3, 0.4) is 0 Å². The van der Waals surface area contributed by atoms with Crippen LogP contribution in [-0.4, -0.2) is 30.7 Å². The average molecular weight is 311 g/mol. The zero-order valence-corrected chi connectivity index (χ0v) is 12.6. The van der Waals surface area contributed by atoms with Crippen LogP contribution in [0.5, 0.6) is 0 Å². The predicted octanol–water partition coefficient (Wildman–Crippen LogP) is 1.93. The minimum Gasteiger partial charge on any atom is -0.344 e. The molecule has 0 saturated heterocycles. The van der Waals surface area contributed by atoms with Gasteiger partial charge in [0, 0.05) is 9.92 Å². The molecular weight excluding hydrogens is 296 g/mol. The first-order valence-electron chi connectivity index (χ1n) is 5.99. The molecule has 6 heteroatoms. The van der Waals surface area contributed by atoms with Crippen molar-refractivity contribution in [2.24, 2.45) is 0 Å². The summed E-state index contributed by atoms with van der Waals surface area (Å²) >= 11 is 7.43. The molecule has 0 aliphatic heterocycles. The van der Waals surface area contributed by atoms with E-state index in [9.17, 15) is 9.59 Å². The zero-order chi connectivity index (χ0) is 15.0. The molecule has 0 bridgehead atoms. The van der Waals surface area contributed by atoms with E-state index >= 15 is 0 Å². The van der Waals surface area contributed by atoms with Crippen LogP contribution in [0.4, 0.5) is 0 Å². The molecule has 0 radical (unpaired) electrons. The van der Waals surface area contributed by atoms with E-state index in [1.54, 1.807) is 18.2 Å². The molecule has 2 amide bonds. The molecular formula is C14H15ClN2O2S. The monoisotopic (exact) mass is 310 g/mol. The van der Waals surface area contributed by atoms with Gasteiger partial charge in [0.25, 0.3) is 5.91 Å². The number of benzene rings is 1. The van der Waals surface area contributed by atoms with Crippen molar-refractivity contribution in [2.45, 2.75) is 11.8 Å². The molecule has 0 atom stereocenters. The molecule has 1 rings (SSSR count). The fourth-order valence-electron chi connectivity index (χ4n) is 1.43. The van der Waals surface area contributed by atoms with Crippen molar-refractivity contribution < 1.29 is 9.59 Å². The predicted molar refractivity (Wildman–Crippen MR) is 82.0 cm³/mol. The van der Waals surface area contributed by atoms with Gasteiger partial charge in [-0.3, -0.25) is 9.59 Å². The van der Waals surface area contributed by atoms with Crippen molar-refractivity contribution in [1.29, 1.82) is 0 Å². The third-order valence-electron chi connectivity index (χ3n) is 2.29. The fraction of sp³-hybridized carbons (Fsp3) is 0.286. The van der Waals surface area contributed by atoms with Gasteiger partial charge in [0.2, 0.25) is 5.91 Å². The Kier molecular flexibility index (Phi) is 6.99. The highest BCUT2D eigenvalue weighted by Crippen LogP contribution is 2.26. The number of carbonyl (C=O) groups excluding carboxylic acids is 2.